The molecule has 0 unspecified atom stereocenters. The minimum absolute atomic E-state index is 0.138. The van der Waals surface area contributed by atoms with Crippen LogP contribution in [0.1, 0.15) is 116 Å². The first-order chi connectivity index (χ1) is 42.5. The van der Waals surface area contributed by atoms with Crippen molar-refractivity contribution >= 4 is 34.1 Å². The molecule has 12 bridgehead atoms. The number of terminal acetylenes is 3. The molecule has 462 valence electrons. The molecule has 0 amide bonds. The zero-order chi connectivity index (χ0) is 62.4. The quantitative estimate of drug-likeness (QED) is 0.0455. The van der Waals surface area contributed by atoms with Crippen molar-refractivity contribution in [3.05, 3.63) is 106 Å². The number of nitrogens with zero attached hydrogens (tertiary/aromatic N) is 3. The van der Waals surface area contributed by atoms with Crippen LogP contribution in [-0.2, 0) is 19.3 Å². The zero-order valence-corrected chi connectivity index (χ0v) is 53.1. The van der Waals surface area contributed by atoms with Gasteiger partial charge in [0, 0.05) is 89.0 Å². The molecule has 87 heavy (non-hydrogen) atoms. The van der Waals surface area contributed by atoms with E-state index in [1.165, 1.54) is 0 Å². The molecule has 10 aliphatic rings. The molecule has 0 saturated carbocycles. The fourth-order valence-corrected chi connectivity index (χ4v) is 10.8. The number of hydrogen-bond acceptors (Lipinski definition) is 15. The van der Waals surface area contributed by atoms with Crippen LogP contribution in [-0.4, -0.2) is 98.9 Å². The van der Waals surface area contributed by atoms with Crippen LogP contribution < -0.4 is 71.5 Å². The summed E-state index contributed by atoms with van der Waals surface area (Å²) in [6.07, 6.45) is 20.0. The van der Waals surface area contributed by atoms with Gasteiger partial charge < -0.3 is 71.5 Å². The highest BCUT2D eigenvalue weighted by molar-refractivity contribution is 5.82. The molecule has 0 N–H and O–H groups in total. The molecule has 10 heterocycles. The van der Waals surface area contributed by atoms with E-state index in [-0.39, 0.29) is 19.6 Å². The van der Waals surface area contributed by atoms with Crippen molar-refractivity contribution in [2.45, 2.75) is 102 Å². The van der Waals surface area contributed by atoms with Gasteiger partial charge in [0.2, 0.25) is 0 Å². The first kappa shape index (κ1) is 65.5. The molecule has 15 nitrogen and oxygen atoms in total. The van der Waals surface area contributed by atoms with Crippen molar-refractivity contribution in [2.75, 3.05) is 114 Å². The van der Waals surface area contributed by atoms with Crippen molar-refractivity contribution in [2.24, 2.45) is 0 Å². The first-order valence-corrected chi connectivity index (χ1v) is 30.7. The summed E-state index contributed by atoms with van der Waals surface area (Å²) in [5, 5.41) is 0. The molecule has 6 aromatic rings. The summed E-state index contributed by atoms with van der Waals surface area (Å²) < 4.78 is 79.0. The molecule has 16 rings (SSSR count). The van der Waals surface area contributed by atoms with E-state index in [4.69, 9.17) is 76.1 Å². The minimum atomic E-state index is 0.138. The summed E-state index contributed by atoms with van der Waals surface area (Å²) >= 11 is 0. The monoisotopic (exact) mass is 1190 g/mol. The third kappa shape index (κ3) is 15.3. The second-order valence-corrected chi connectivity index (χ2v) is 19.7. The first-order valence-electron chi connectivity index (χ1n) is 30.7. The molecular weight excluding hydrogens is 1100 g/mol. The van der Waals surface area contributed by atoms with Gasteiger partial charge in [-0.25, -0.2) is 0 Å². The van der Waals surface area contributed by atoms with Crippen molar-refractivity contribution < 1.29 is 56.8 Å². The second kappa shape index (κ2) is 32.5. The second-order valence-electron chi connectivity index (χ2n) is 19.7. The number of rotatable bonds is 27. The van der Waals surface area contributed by atoms with Gasteiger partial charge in [-0.15, -0.1) is 19.3 Å². The van der Waals surface area contributed by atoms with Crippen molar-refractivity contribution in [1.82, 2.24) is 0 Å². The minimum Gasteiger partial charge on any atom is -0.494 e. The van der Waals surface area contributed by atoms with Crippen LogP contribution in [0.2, 0.25) is 0 Å². The average Bonchev–Trinajstić information content (AvgIpc) is 2.10. The normalized spacial score (nSPS) is 11.9. The molecule has 10 aliphatic heterocycles. The number of hydrogen-bond donors (Lipinski definition) is 0. The van der Waals surface area contributed by atoms with Crippen molar-refractivity contribution in [3.63, 3.8) is 0 Å². The lowest BCUT2D eigenvalue weighted by Gasteiger charge is -2.30. The highest BCUT2D eigenvalue weighted by Gasteiger charge is 2.30. The standard InChI is InChI=1S/C72H87N3O12/c1-16-31-73-55-43-61(76-19-4)49(37-67(55)82-25-10)34-51-39-69(84-27-12)57(45-63(51)78-21-6)74(32-17-2)59-47-65(80-23-8)53(41-71(59)86-29-14)36-54-42-72(87-30-15)60(48-66(54)81-24-9)75(33-18-3)58-46-64(79-22-7)52(40-70(58)85-28-13)35-50-38-68(83-26-11)56(73)44-62(50)77-20-5/h1-3,37-48H,19-36H2,4-15H3. The predicted octanol–water partition coefficient (Wildman–Crippen LogP) is 14.9. The molecule has 0 fully saturated rings. The van der Waals surface area contributed by atoms with E-state index in [0.29, 0.717) is 202 Å². The van der Waals surface area contributed by atoms with Gasteiger partial charge in [-0.05, 0) is 119 Å². The fourth-order valence-electron chi connectivity index (χ4n) is 10.8. The topological polar surface area (TPSA) is 120 Å². The molecule has 0 atom stereocenters. The summed E-state index contributed by atoms with van der Waals surface area (Å²) in [6, 6.07) is 24.1. The Balaban J connectivity index is 1.63. The Morgan fingerprint density at radius 3 is 0.506 bits per heavy atom. The zero-order valence-electron chi connectivity index (χ0n) is 53.1. The molecular formula is C72H87N3O12. The molecule has 0 spiro atoms. The van der Waals surface area contributed by atoms with Crippen LogP contribution in [0.15, 0.2) is 72.8 Å². The largest absolute Gasteiger partial charge is 0.494 e. The van der Waals surface area contributed by atoms with Gasteiger partial charge in [0.05, 0.1) is 133 Å². The highest BCUT2D eigenvalue weighted by Crippen LogP contribution is 2.51. The fraction of sp³-hybridized carbons (Fsp3) is 0.417. The summed E-state index contributed by atoms with van der Waals surface area (Å²) in [7, 11) is 0. The van der Waals surface area contributed by atoms with Gasteiger partial charge in [-0.1, -0.05) is 17.8 Å². The number of benzene rings is 6. The van der Waals surface area contributed by atoms with Crippen LogP contribution in [0.3, 0.4) is 0 Å². The summed E-state index contributed by atoms with van der Waals surface area (Å²) in [5.41, 5.74) is 9.06. The van der Waals surface area contributed by atoms with E-state index in [0.717, 1.165) is 33.4 Å². The predicted molar refractivity (Wildman–Crippen MR) is 349 cm³/mol. The third-order valence-corrected chi connectivity index (χ3v) is 14.1. The van der Waals surface area contributed by atoms with Crippen LogP contribution in [0.5, 0.6) is 69.0 Å². The Morgan fingerprint density at radius 2 is 0.379 bits per heavy atom. The Morgan fingerprint density at radius 1 is 0.241 bits per heavy atom. The summed E-state index contributed by atoms with van der Waals surface area (Å²) in [5.74, 6) is 16.0. The third-order valence-electron chi connectivity index (χ3n) is 14.1. The molecule has 0 radical (unpaired) electrons. The van der Waals surface area contributed by atoms with Crippen LogP contribution in [0.4, 0.5) is 34.1 Å². The van der Waals surface area contributed by atoms with Crippen molar-refractivity contribution in [3.8, 4) is 106 Å². The van der Waals surface area contributed by atoms with E-state index in [2.05, 4.69) is 17.8 Å². The maximum Gasteiger partial charge on any atom is 0.143 e. The smallest absolute Gasteiger partial charge is 0.143 e. The van der Waals surface area contributed by atoms with E-state index < -0.39 is 0 Å². The molecule has 0 saturated heterocycles. The van der Waals surface area contributed by atoms with Gasteiger partial charge >= 0.3 is 0 Å². The van der Waals surface area contributed by atoms with Gasteiger partial charge in [-0.2, -0.15) is 0 Å². The lowest BCUT2D eigenvalue weighted by atomic mass is 9.98. The summed E-state index contributed by atoms with van der Waals surface area (Å²) in [4.78, 5) is 6.03. The Hall–Kier alpha value is -9.00. The van der Waals surface area contributed by atoms with Gasteiger partial charge in [0.25, 0.3) is 0 Å². The van der Waals surface area contributed by atoms with Crippen LogP contribution >= 0.6 is 0 Å². The lowest BCUT2D eigenvalue weighted by Crippen LogP contribution is -2.21. The van der Waals surface area contributed by atoms with E-state index in [1.807, 2.05) is 171 Å². The molecule has 15 heteroatoms. The average molecular weight is 1190 g/mol. The van der Waals surface area contributed by atoms with E-state index in [1.54, 1.807) is 0 Å². The van der Waals surface area contributed by atoms with Gasteiger partial charge in [0.1, 0.15) is 69.0 Å². The van der Waals surface area contributed by atoms with Gasteiger partial charge in [-0.3, -0.25) is 0 Å². The van der Waals surface area contributed by atoms with Crippen LogP contribution in [0.25, 0.3) is 0 Å². The number of ether oxygens (including phenoxy) is 12. The summed E-state index contributed by atoms with van der Waals surface area (Å²) in [6.45, 7) is 28.3. The highest BCUT2D eigenvalue weighted by atomic mass is 16.5. The molecule has 0 aliphatic carbocycles. The maximum atomic E-state index is 6.59. The lowest BCUT2D eigenvalue weighted by molar-refractivity contribution is 0.323. The van der Waals surface area contributed by atoms with E-state index in [9.17, 15) is 0 Å². The van der Waals surface area contributed by atoms with Crippen LogP contribution in [0, 0.1) is 37.0 Å². The Bertz CT molecular complexity index is 2860. The Labute approximate surface area is 516 Å². The Kier molecular flexibility index (Phi) is 24.5. The maximum absolute atomic E-state index is 6.59. The van der Waals surface area contributed by atoms with Crippen molar-refractivity contribution in [1.29, 1.82) is 0 Å². The SMILES string of the molecule is C#CCN1c2cc(OCC)c(cc2OCC)Cc2cc(OCC)c(cc2OCC)N(CC#C)c2cc(OCC)c(cc2OCC)Cc2cc(OCC)c(cc2OCC)N(CC#C)c2cc(OCC)c(cc2OCC)Cc2cc(OCC)c1cc2OCC. The molecule has 0 aromatic heterocycles. The molecule has 6 aromatic carbocycles. The number of anilines is 6. The van der Waals surface area contributed by atoms with Gasteiger partial charge in [0.15, 0.2) is 0 Å². The van der Waals surface area contributed by atoms with E-state index >= 15 is 0 Å².